The summed E-state index contributed by atoms with van der Waals surface area (Å²) in [4.78, 5) is 6.98. The first-order valence-corrected chi connectivity index (χ1v) is 9.49. The fourth-order valence-corrected chi connectivity index (χ4v) is 6.34. The van der Waals surface area contributed by atoms with E-state index in [1.807, 2.05) is 5.38 Å². The first kappa shape index (κ1) is 14.0. The maximum atomic E-state index is 12.9. The van der Waals surface area contributed by atoms with Gasteiger partial charge in [0.15, 0.2) is 15.1 Å². The summed E-state index contributed by atoms with van der Waals surface area (Å²) in [5.41, 5.74) is 0. The maximum absolute atomic E-state index is 12.9. The molecule has 0 N–H and O–H groups in total. The van der Waals surface area contributed by atoms with E-state index in [-0.39, 0.29) is 10.2 Å². The topological polar surface area (TPSA) is 57.9 Å². The van der Waals surface area contributed by atoms with Gasteiger partial charge >= 0.3 is 0 Å². The van der Waals surface area contributed by atoms with Gasteiger partial charge in [0.05, 0.1) is 0 Å². The molecule has 9 heteroatoms. The van der Waals surface area contributed by atoms with Crippen molar-refractivity contribution in [3.05, 3.63) is 16.7 Å². The van der Waals surface area contributed by atoms with Crippen LogP contribution in [-0.2, 0) is 10.0 Å². The van der Waals surface area contributed by atoms with Crippen molar-refractivity contribution < 1.29 is 8.42 Å². The Morgan fingerprint density at radius 2 is 2.24 bits per heavy atom. The highest BCUT2D eigenvalue weighted by molar-refractivity contribution is 7.89. The standard InChI is InChI=1S/C12H15ClN4O2S2/c1-15-3-2-8-6-16(7-9(8)15)21(18,19)11-10(13)14-12-17(11)4-5-20-12/h4-5,8-9H,2-3,6-7H2,1H3/t8-,9+/m1/s1. The third-order valence-corrected chi connectivity index (χ3v) is 7.54. The maximum Gasteiger partial charge on any atom is 0.262 e. The van der Waals surface area contributed by atoms with E-state index in [0.717, 1.165) is 13.0 Å². The molecule has 2 aliphatic heterocycles. The number of fused-ring (bicyclic) bond motifs is 2. The first-order valence-electron chi connectivity index (χ1n) is 6.80. The van der Waals surface area contributed by atoms with E-state index in [9.17, 15) is 8.42 Å². The number of hydrogen-bond donors (Lipinski definition) is 0. The molecule has 2 aliphatic rings. The molecular formula is C12H15ClN4O2S2. The molecule has 0 unspecified atom stereocenters. The molecule has 4 rings (SSSR count). The van der Waals surface area contributed by atoms with Gasteiger partial charge in [0.25, 0.3) is 10.0 Å². The average Bonchev–Trinajstić information content (AvgIpc) is 3.10. The van der Waals surface area contributed by atoms with Crippen LogP contribution < -0.4 is 0 Å². The van der Waals surface area contributed by atoms with Crippen LogP contribution in [0.15, 0.2) is 16.6 Å². The van der Waals surface area contributed by atoms with Crippen molar-refractivity contribution in [2.24, 2.45) is 5.92 Å². The Hall–Kier alpha value is -0.670. The quantitative estimate of drug-likeness (QED) is 0.824. The molecule has 2 aromatic rings. The van der Waals surface area contributed by atoms with E-state index in [1.54, 1.807) is 14.9 Å². The van der Waals surface area contributed by atoms with Gasteiger partial charge in [-0.3, -0.25) is 4.40 Å². The molecule has 114 valence electrons. The predicted octanol–water partition coefficient (Wildman–Crippen LogP) is 1.37. The molecule has 0 bridgehead atoms. The summed E-state index contributed by atoms with van der Waals surface area (Å²) in [6, 6.07) is 0.324. The summed E-state index contributed by atoms with van der Waals surface area (Å²) in [5.74, 6) is 0.425. The van der Waals surface area contributed by atoms with Crippen LogP contribution in [-0.4, -0.2) is 59.7 Å². The number of imidazole rings is 1. The summed E-state index contributed by atoms with van der Waals surface area (Å²) >= 11 is 7.45. The van der Waals surface area contributed by atoms with Crippen LogP contribution in [0.25, 0.3) is 4.96 Å². The Labute approximate surface area is 132 Å². The number of likely N-dealkylation sites (tertiary alicyclic amines) is 1. The Kier molecular flexibility index (Phi) is 3.10. The number of thiazole rings is 1. The zero-order valence-electron chi connectivity index (χ0n) is 11.4. The third-order valence-electron chi connectivity index (χ3n) is 4.55. The van der Waals surface area contributed by atoms with Crippen molar-refractivity contribution in [2.45, 2.75) is 17.5 Å². The van der Waals surface area contributed by atoms with Gasteiger partial charge in [-0.05, 0) is 25.9 Å². The molecule has 0 aromatic carbocycles. The smallest absolute Gasteiger partial charge is 0.262 e. The second kappa shape index (κ2) is 4.66. The molecule has 21 heavy (non-hydrogen) atoms. The molecule has 4 heterocycles. The second-order valence-corrected chi connectivity index (χ2v) is 8.77. The van der Waals surface area contributed by atoms with Gasteiger partial charge in [0, 0.05) is 30.7 Å². The Balaban J connectivity index is 1.74. The lowest BCUT2D eigenvalue weighted by Gasteiger charge is -2.20. The molecular weight excluding hydrogens is 332 g/mol. The second-order valence-electron chi connectivity index (χ2n) is 5.68. The lowest BCUT2D eigenvalue weighted by atomic mass is 10.1. The molecule has 0 aliphatic carbocycles. The summed E-state index contributed by atoms with van der Waals surface area (Å²) in [7, 11) is -1.55. The molecule has 2 atom stereocenters. The Morgan fingerprint density at radius 3 is 3.00 bits per heavy atom. The van der Waals surface area contributed by atoms with Crippen molar-refractivity contribution in [1.82, 2.24) is 18.6 Å². The van der Waals surface area contributed by atoms with E-state index in [1.165, 1.54) is 11.3 Å². The summed E-state index contributed by atoms with van der Waals surface area (Å²) in [6.45, 7) is 2.16. The molecule has 0 saturated carbocycles. The van der Waals surface area contributed by atoms with Gasteiger partial charge in [-0.25, -0.2) is 13.4 Å². The number of likely N-dealkylation sites (N-methyl/N-ethyl adjacent to an activating group) is 1. The largest absolute Gasteiger partial charge is 0.302 e. The zero-order valence-corrected chi connectivity index (χ0v) is 13.8. The first-order chi connectivity index (χ1) is 9.98. The highest BCUT2D eigenvalue weighted by Gasteiger charge is 2.45. The molecule has 2 aromatic heterocycles. The van der Waals surface area contributed by atoms with Crippen LogP contribution in [0.5, 0.6) is 0 Å². The number of nitrogens with zero attached hydrogens (tertiary/aromatic N) is 4. The van der Waals surface area contributed by atoms with Crippen LogP contribution in [0.1, 0.15) is 6.42 Å². The van der Waals surface area contributed by atoms with Crippen LogP contribution in [0.3, 0.4) is 0 Å². The minimum absolute atomic E-state index is 0.0623. The normalized spacial score (nSPS) is 27.7. The van der Waals surface area contributed by atoms with Crippen molar-refractivity contribution in [3.8, 4) is 0 Å². The monoisotopic (exact) mass is 346 g/mol. The molecule has 2 fully saturated rings. The van der Waals surface area contributed by atoms with E-state index in [4.69, 9.17) is 11.6 Å². The Morgan fingerprint density at radius 1 is 1.43 bits per heavy atom. The number of rotatable bonds is 2. The zero-order chi connectivity index (χ0) is 14.8. The van der Waals surface area contributed by atoms with Gasteiger partial charge in [-0.1, -0.05) is 11.6 Å². The van der Waals surface area contributed by atoms with Gasteiger partial charge in [0.1, 0.15) is 0 Å². The molecule has 6 nitrogen and oxygen atoms in total. The van der Waals surface area contributed by atoms with Crippen LogP contribution in [0.4, 0.5) is 0 Å². The molecule has 0 amide bonds. The van der Waals surface area contributed by atoms with E-state index in [2.05, 4.69) is 16.9 Å². The van der Waals surface area contributed by atoms with Gasteiger partial charge in [-0.15, -0.1) is 11.3 Å². The predicted molar refractivity (Wildman–Crippen MR) is 81.4 cm³/mol. The van der Waals surface area contributed by atoms with Gasteiger partial charge in [-0.2, -0.15) is 4.31 Å². The Bertz CT molecular complexity index is 799. The lowest BCUT2D eigenvalue weighted by molar-refractivity contribution is 0.297. The molecule has 0 spiro atoms. The molecule has 2 saturated heterocycles. The number of aromatic nitrogens is 2. The SMILES string of the molecule is CN1CC[C@@H]2CN(S(=O)(=O)c3c(Cl)nc4sccn34)C[C@@H]21. The van der Waals surface area contributed by atoms with Gasteiger partial charge in [0.2, 0.25) is 0 Å². The number of halogens is 1. The highest BCUT2D eigenvalue weighted by Crippen LogP contribution is 2.35. The fourth-order valence-electron chi connectivity index (χ4n) is 3.42. The molecule has 0 radical (unpaired) electrons. The van der Waals surface area contributed by atoms with Crippen molar-refractivity contribution >= 4 is 37.9 Å². The average molecular weight is 347 g/mol. The highest BCUT2D eigenvalue weighted by atomic mass is 35.5. The van der Waals surface area contributed by atoms with Crippen LogP contribution in [0, 0.1) is 5.92 Å². The van der Waals surface area contributed by atoms with Gasteiger partial charge < -0.3 is 4.90 Å². The number of hydrogen-bond acceptors (Lipinski definition) is 5. The van der Waals surface area contributed by atoms with Crippen molar-refractivity contribution in [3.63, 3.8) is 0 Å². The summed E-state index contributed by atoms with van der Waals surface area (Å²) < 4.78 is 29.0. The number of sulfonamides is 1. The lowest BCUT2D eigenvalue weighted by Crippen LogP contribution is -2.35. The fraction of sp³-hybridized carbons (Fsp3) is 0.583. The minimum Gasteiger partial charge on any atom is -0.302 e. The van der Waals surface area contributed by atoms with E-state index in [0.29, 0.717) is 30.0 Å². The summed E-state index contributed by atoms with van der Waals surface area (Å²) in [6.07, 6.45) is 2.76. The summed E-state index contributed by atoms with van der Waals surface area (Å²) in [5, 5.41) is 1.97. The van der Waals surface area contributed by atoms with E-state index < -0.39 is 10.0 Å². The minimum atomic E-state index is -3.61. The van der Waals surface area contributed by atoms with E-state index >= 15 is 0 Å². The van der Waals surface area contributed by atoms with Crippen LogP contribution >= 0.6 is 22.9 Å². The van der Waals surface area contributed by atoms with Crippen LogP contribution in [0.2, 0.25) is 5.15 Å². The third kappa shape index (κ3) is 1.97. The van der Waals surface area contributed by atoms with Crippen molar-refractivity contribution in [2.75, 3.05) is 26.7 Å². The van der Waals surface area contributed by atoms with Crippen molar-refractivity contribution in [1.29, 1.82) is 0 Å².